The molecule has 0 amide bonds. The Morgan fingerprint density at radius 3 is 1.93 bits per heavy atom. The lowest BCUT2D eigenvalue weighted by atomic mass is 9.92. The third-order valence-electron chi connectivity index (χ3n) is 9.55. The van der Waals surface area contributed by atoms with Crippen LogP contribution >= 0.6 is 0 Å². The normalized spacial score (nSPS) is 12.1. The second-order valence-corrected chi connectivity index (χ2v) is 12.2. The van der Waals surface area contributed by atoms with Gasteiger partial charge in [-0.1, -0.05) is 109 Å². The van der Waals surface area contributed by atoms with Crippen molar-refractivity contribution in [1.29, 1.82) is 0 Å². The summed E-state index contributed by atoms with van der Waals surface area (Å²) in [5.74, 6) is 1.83. The van der Waals surface area contributed by atoms with Gasteiger partial charge in [0.05, 0.1) is 11.0 Å². The average Bonchev–Trinajstić information content (AvgIpc) is 3.44. The van der Waals surface area contributed by atoms with Crippen LogP contribution in [0.5, 0.6) is 11.5 Å². The van der Waals surface area contributed by atoms with Gasteiger partial charge >= 0.3 is 0 Å². The zero-order valence-electron chi connectivity index (χ0n) is 24.9. The summed E-state index contributed by atoms with van der Waals surface area (Å²) in [5, 5.41) is 7.41. The average molecular weight is 586 g/mol. The quantitative estimate of drug-likeness (QED) is 0.201. The van der Waals surface area contributed by atoms with Crippen molar-refractivity contribution >= 4 is 43.4 Å². The van der Waals surface area contributed by atoms with Crippen molar-refractivity contribution in [2.45, 2.75) is 0 Å². The van der Waals surface area contributed by atoms with Gasteiger partial charge in [-0.25, -0.2) is 0 Å². The summed E-state index contributed by atoms with van der Waals surface area (Å²) in [6, 6.07) is 59.1. The maximum absolute atomic E-state index is 6.33. The van der Waals surface area contributed by atoms with E-state index in [9.17, 15) is 0 Å². The van der Waals surface area contributed by atoms with E-state index >= 15 is 0 Å². The Bertz CT molecular complexity index is 2640. The number of ether oxygens (including phenoxy) is 1. The Kier molecular flexibility index (Phi) is 5.31. The third kappa shape index (κ3) is 3.77. The molecule has 1 aromatic heterocycles. The number of nitrogens with zero attached hydrogens (tertiary/aromatic N) is 1. The monoisotopic (exact) mass is 585 g/mol. The summed E-state index contributed by atoms with van der Waals surface area (Å²) in [6.45, 7) is 0. The minimum absolute atomic E-state index is 0.906. The van der Waals surface area contributed by atoms with E-state index in [-0.39, 0.29) is 0 Å². The molecule has 8 aromatic carbocycles. The molecule has 0 aliphatic carbocycles. The Morgan fingerprint density at radius 1 is 0.370 bits per heavy atom. The van der Waals surface area contributed by atoms with Gasteiger partial charge in [0, 0.05) is 27.4 Å². The topological polar surface area (TPSA) is 14.2 Å². The first kappa shape index (κ1) is 25.2. The molecule has 1 aliphatic heterocycles. The zero-order valence-corrected chi connectivity index (χ0v) is 24.9. The molecule has 10 rings (SSSR count). The summed E-state index contributed by atoms with van der Waals surface area (Å²) in [5.41, 5.74) is 10.8. The zero-order chi connectivity index (χ0) is 30.2. The van der Waals surface area contributed by atoms with Crippen molar-refractivity contribution in [3.63, 3.8) is 0 Å². The fourth-order valence-electron chi connectivity index (χ4n) is 7.35. The van der Waals surface area contributed by atoms with Crippen LogP contribution in [0.2, 0.25) is 0 Å². The Labute approximate surface area is 266 Å². The Hall–Kier alpha value is -6.12. The standard InChI is InChI=1S/C44H27NO/c1-2-10-35(11-3-1)45-40-14-5-4-12-36(40)38-26-34-24-31(20-21-33(34)27-41(38)45)28-16-18-29(19-17-28)32-22-23-42-39(25-32)37-13-6-8-30-9-7-15-43(46-42)44(30)37/h1-27H. The summed E-state index contributed by atoms with van der Waals surface area (Å²) in [4.78, 5) is 0. The SMILES string of the molecule is c1ccc(-n2c3ccccc3c3cc4cc(-c5ccc(-c6ccc7c(c6)-c6cccc8cccc(c68)O7)cc5)ccc4cc32)cc1. The van der Waals surface area contributed by atoms with E-state index in [2.05, 4.69) is 168 Å². The molecule has 0 spiro atoms. The molecular formula is C44H27NO. The third-order valence-corrected chi connectivity index (χ3v) is 9.55. The first-order valence-electron chi connectivity index (χ1n) is 15.8. The van der Waals surface area contributed by atoms with Gasteiger partial charge in [-0.15, -0.1) is 0 Å². The molecule has 0 saturated heterocycles. The molecule has 1 aliphatic rings. The first-order valence-corrected chi connectivity index (χ1v) is 15.8. The highest BCUT2D eigenvalue weighted by Gasteiger charge is 2.20. The number of benzene rings is 8. The predicted molar refractivity (Wildman–Crippen MR) is 192 cm³/mol. The van der Waals surface area contributed by atoms with Crippen molar-refractivity contribution in [3.05, 3.63) is 164 Å². The lowest BCUT2D eigenvalue weighted by Crippen LogP contribution is -1.97. The molecule has 9 aromatic rings. The van der Waals surface area contributed by atoms with Gasteiger partial charge in [0.2, 0.25) is 0 Å². The van der Waals surface area contributed by atoms with E-state index in [1.54, 1.807) is 0 Å². The van der Waals surface area contributed by atoms with Crippen LogP contribution < -0.4 is 4.74 Å². The lowest BCUT2D eigenvalue weighted by Gasteiger charge is -2.22. The van der Waals surface area contributed by atoms with Gasteiger partial charge in [0.25, 0.3) is 0 Å². The predicted octanol–water partition coefficient (Wildman–Crippen LogP) is 12.2. The summed E-state index contributed by atoms with van der Waals surface area (Å²) in [6.07, 6.45) is 0. The number of rotatable bonds is 3. The highest BCUT2D eigenvalue weighted by Crippen LogP contribution is 2.47. The molecule has 2 nitrogen and oxygen atoms in total. The van der Waals surface area contributed by atoms with E-state index in [0.717, 1.165) is 17.1 Å². The van der Waals surface area contributed by atoms with Crippen molar-refractivity contribution in [2.24, 2.45) is 0 Å². The summed E-state index contributed by atoms with van der Waals surface area (Å²) in [7, 11) is 0. The molecule has 0 saturated carbocycles. The molecule has 2 heteroatoms. The Balaban J connectivity index is 1.04. The maximum atomic E-state index is 6.33. The molecule has 2 heterocycles. The first-order chi connectivity index (χ1) is 22.8. The van der Waals surface area contributed by atoms with Gasteiger partial charge in [-0.3, -0.25) is 0 Å². The van der Waals surface area contributed by atoms with Crippen LogP contribution in [-0.4, -0.2) is 4.57 Å². The largest absolute Gasteiger partial charge is 0.456 e. The molecule has 46 heavy (non-hydrogen) atoms. The molecule has 0 N–H and O–H groups in total. The number of para-hydroxylation sites is 2. The van der Waals surface area contributed by atoms with Gasteiger partial charge in [0.1, 0.15) is 11.5 Å². The number of fused-ring (bicyclic) bond motifs is 6. The molecule has 0 bridgehead atoms. The number of hydrogen-bond acceptors (Lipinski definition) is 1. The molecule has 0 atom stereocenters. The summed E-state index contributed by atoms with van der Waals surface area (Å²) < 4.78 is 8.70. The van der Waals surface area contributed by atoms with Crippen LogP contribution in [0.25, 0.3) is 82.4 Å². The molecule has 0 fully saturated rings. The van der Waals surface area contributed by atoms with Crippen LogP contribution in [0.1, 0.15) is 0 Å². The molecule has 214 valence electrons. The Morgan fingerprint density at radius 2 is 1.09 bits per heavy atom. The fraction of sp³-hybridized carbons (Fsp3) is 0. The van der Waals surface area contributed by atoms with Crippen LogP contribution in [0, 0.1) is 0 Å². The summed E-state index contributed by atoms with van der Waals surface area (Å²) >= 11 is 0. The van der Waals surface area contributed by atoms with Crippen LogP contribution in [-0.2, 0) is 0 Å². The second kappa shape index (κ2) is 9.69. The second-order valence-electron chi connectivity index (χ2n) is 12.2. The molecular weight excluding hydrogens is 558 g/mol. The van der Waals surface area contributed by atoms with E-state index in [4.69, 9.17) is 4.74 Å². The van der Waals surface area contributed by atoms with Gasteiger partial charge in [0.15, 0.2) is 0 Å². The number of hydrogen-bond donors (Lipinski definition) is 0. The van der Waals surface area contributed by atoms with Crippen molar-refractivity contribution in [3.8, 4) is 50.6 Å². The van der Waals surface area contributed by atoms with Gasteiger partial charge < -0.3 is 9.30 Å². The van der Waals surface area contributed by atoms with Crippen LogP contribution in [0.3, 0.4) is 0 Å². The van der Waals surface area contributed by atoms with Crippen molar-refractivity contribution in [1.82, 2.24) is 4.57 Å². The van der Waals surface area contributed by atoms with Gasteiger partial charge in [-0.2, -0.15) is 0 Å². The van der Waals surface area contributed by atoms with Crippen LogP contribution in [0.4, 0.5) is 0 Å². The van der Waals surface area contributed by atoms with Gasteiger partial charge in [-0.05, 0) is 98.6 Å². The number of aromatic nitrogens is 1. The van der Waals surface area contributed by atoms with E-state index < -0.39 is 0 Å². The maximum Gasteiger partial charge on any atom is 0.135 e. The van der Waals surface area contributed by atoms with Crippen molar-refractivity contribution < 1.29 is 4.74 Å². The van der Waals surface area contributed by atoms with E-state index in [0.29, 0.717) is 0 Å². The minimum atomic E-state index is 0.906. The molecule has 0 unspecified atom stereocenters. The molecule has 0 radical (unpaired) electrons. The highest BCUT2D eigenvalue weighted by atomic mass is 16.5. The minimum Gasteiger partial charge on any atom is -0.456 e. The van der Waals surface area contributed by atoms with Crippen molar-refractivity contribution in [2.75, 3.05) is 0 Å². The fourth-order valence-corrected chi connectivity index (χ4v) is 7.35. The smallest absolute Gasteiger partial charge is 0.135 e. The highest BCUT2D eigenvalue weighted by molar-refractivity contribution is 6.14. The lowest BCUT2D eigenvalue weighted by molar-refractivity contribution is 0.487. The van der Waals surface area contributed by atoms with E-state index in [1.807, 2.05) is 0 Å². The van der Waals surface area contributed by atoms with Crippen LogP contribution in [0.15, 0.2) is 164 Å². The van der Waals surface area contributed by atoms with E-state index in [1.165, 1.54) is 76.9 Å².